The molecule has 2 heterocycles. The molecule has 6 nitrogen and oxygen atoms in total. The Morgan fingerprint density at radius 1 is 1.03 bits per heavy atom. The van der Waals surface area contributed by atoms with Crippen LogP contribution in [0.4, 0.5) is 5.69 Å². The molecule has 2 aromatic heterocycles. The Hall–Kier alpha value is -2.80. The number of benzene rings is 2. The van der Waals surface area contributed by atoms with Crippen LogP contribution in [-0.2, 0) is 13.1 Å². The number of aryl methyl sites for hydroxylation is 1. The first-order valence-corrected chi connectivity index (χ1v) is 11.0. The van der Waals surface area contributed by atoms with Crippen molar-refractivity contribution < 1.29 is 4.79 Å². The van der Waals surface area contributed by atoms with Crippen LogP contribution in [0.2, 0.25) is 15.1 Å². The molecule has 0 unspecified atom stereocenters. The van der Waals surface area contributed by atoms with E-state index < -0.39 is 0 Å². The third-order valence-corrected chi connectivity index (χ3v) is 6.34. The summed E-state index contributed by atoms with van der Waals surface area (Å²) in [7, 11) is 0. The van der Waals surface area contributed by atoms with Crippen molar-refractivity contribution in [2.24, 2.45) is 0 Å². The van der Waals surface area contributed by atoms with Gasteiger partial charge in [0.25, 0.3) is 5.91 Å². The molecule has 0 atom stereocenters. The zero-order valence-corrected chi connectivity index (χ0v) is 19.7. The van der Waals surface area contributed by atoms with Crippen molar-refractivity contribution in [1.29, 1.82) is 0 Å². The lowest BCUT2D eigenvalue weighted by Gasteiger charge is -2.08. The van der Waals surface area contributed by atoms with Gasteiger partial charge in [-0.2, -0.15) is 10.2 Å². The van der Waals surface area contributed by atoms with Crippen LogP contribution in [0, 0.1) is 13.8 Å². The number of hydrogen-bond acceptors (Lipinski definition) is 3. The van der Waals surface area contributed by atoms with Crippen molar-refractivity contribution in [1.82, 2.24) is 19.6 Å². The van der Waals surface area contributed by atoms with Crippen LogP contribution in [0.25, 0.3) is 0 Å². The predicted octanol–water partition coefficient (Wildman–Crippen LogP) is 6.01. The molecular weight excluding hydrogens is 469 g/mol. The maximum atomic E-state index is 12.8. The molecule has 0 fully saturated rings. The second-order valence-corrected chi connectivity index (χ2v) is 8.62. The van der Waals surface area contributed by atoms with E-state index >= 15 is 0 Å². The molecule has 164 valence electrons. The lowest BCUT2D eigenvalue weighted by Crippen LogP contribution is -2.12. The molecule has 0 radical (unpaired) electrons. The number of carbonyl (C=O) groups is 1. The fourth-order valence-electron chi connectivity index (χ4n) is 3.38. The van der Waals surface area contributed by atoms with E-state index in [9.17, 15) is 4.79 Å². The van der Waals surface area contributed by atoms with Gasteiger partial charge in [-0.15, -0.1) is 0 Å². The largest absolute Gasteiger partial charge is 0.319 e. The Morgan fingerprint density at radius 2 is 1.75 bits per heavy atom. The number of amides is 1. The third kappa shape index (κ3) is 4.83. The normalized spacial score (nSPS) is 11.0. The zero-order valence-electron chi connectivity index (χ0n) is 17.4. The van der Waals surface area contributed by atoms with E-state index in [2.05, 4.69) is 15.5 Å². The van der Waals surface area contributed by atoms with Crippen LogP contribution in [0.5, 0.6) is 0 Å². The molecule has 0 aliphatic heterocycles. The zero-order chi connectivity index (χ0) is 22.8. The second kappa shape index (κ2) is 9.36. The van der Waals surface area contributed by atoms with Crippen molar-refractivity contribution >= 4 is 46.4 Å². The Kier molecular flexibility index (Phi) is 6.55. The minimum atomic E-state index is -0.228. The van der Waals surface area contributed by atoms with Crippen LogP contribution >= 0.6 is 34.8 Å². The molecule has 0 aliphatic rings. The van der Waals surface area contributed by atoms with Crippen LogP contribution in [-0.4, -0.2) is 25.5 Å². The van der Waals surface area contributed by atoms with Gasteiger partial charge in [0, 0.05) is 27.4 Å². The summed E-state index contributed by atoms with van der Waals surface area (Å²) in [5.41, 5.74) is 4.52. The van der Waals surface area contributed by atoms with E-state index in [1.54, 1.807) is 41.3 Å². The quantitative estimate of drug-likeness (QED) is 0.362. The number of anilines is 1. The van der Waals surface area contributed by atoms with E-state index in [-0.39, 0.29) is 5.91 Å². The topological polar surface area (TPSA) is 64.7 Å². The fraction of sp³-hybridized carbons (Fsp3) is 0.174. The van der Waals surface area contributed by atoms with E-state index in [1.165, 1.54) is 0 Å². The number of nitrogens with zero attached hydrogens (tertiary/aromatic N) is 4. The SMILES string of the molecule is Cc1nn(Cc2cccc(C(=O)Nc3cnn(Cc4c(Cl)cccc4Cl)c3)c2)c(C)c1Cl. The third-order valence-electron chi connectivity index (χ3n) is 5.09. The van der Waals surface area contributed by atoms with Crippen molar-refractivity contribution in [2.75, 3.05) is 5.32 Å². The molecule has 0 spiro atoms. The van der Waals surface area contributed by atoms with E-state index in [0.717, 1.165) is 22.5 Å². The average Bonchev–Trinajstić information content (AvgIpc) is 3.30. The molecule has 1 amide bonds. The van der Waals surface area contributed by atoms with Crippen LogP contribution in [0.15, 0.2) is 54.9 Å². The number of carbonyl (C=O) groups excluding carboxylic acids is 1. The van der Waals surface area contributed by atoms with Gasteiger partial charge in [0.15, 0.2) is 0 Å². The molecule has 9 heteroatoms. The smallest absolute Gasteiger partial charge is 0.255 e. The summed E-state index contributed by atoms with van der Waals surface area (Å²) in [6, 6.07) is 12.8. The van der Waals surface area contributed by atoms with Gasteiger partial charge in [0.2, 0.25) is 0 Å². The first kappa shape index (κ1) is 22.4. The van der Waals surface area contributed by atoms with Crippen molar-refractivity contribution in [3.05, 3.63) is 98.0 Å². The summed E-state index contributed by atoms with van der Waals surface area (Å²) in [6.45, 7) is 4.72. The Labute approximate surface area is 200 Å². The highest BCUT2D eigenvalue weighted by Gasteiger charge is 2.13. The number of hydrogen-bond donors (Lipinski definition) is 1. The van der Waals surface area contributed by atoms with Crippen molar-refractivity contribution in [3.8, 4) is 0 Å². The molecule has 1 N–H and O–H groups in total. The summed E-state index contributed by atoms with van der Waals surface area (Å²) in [5, 5.41) is 13.4. The van der Waals surface area contributed by atoms with Gasteiger partial charge < -0.3 is 5.32 Å². The van der Waals surface area contributed by atoms with Gasteiger partial charge in [-0.25, -0.2) is 0 Å². The summed E-state index contributed by atoms with van der Waals surface area (Å²) < 4.78 is 3.50. The molecule has 0 aliphatic carbocycles. The Morgan fingerprint density at radius 3 is 2.44 bits per heavy atom. The Balaban J connectivity index is 1.45. The van der Waals surface area contributed by atoms with Crippen molar-refractivity contribution in [3.63, 3.8) is 0 Å². The van der Waals surface area contributed by atoms with Gasteiger partial charge >= 0.3 is 0 Å². The fourth-order valence-corrected chi connectivity index (χ4v) is 4.03. The lowest BCUT2D eigenvalue weighted by atomic mass is 10.1. The molecule has 0 bridgehead atoms. The minimum absolute atomic E-state index is 0.228. The monoisotopic (exact) mass is 487 g/mol. The number of halogens is 3. The number of aromatic nitrogens is 4. The summed E-state index contributed by atoms with van der Waals surface area (Å²) >= 11 is 18.7. The predicted molar refractivity (Wildman–Crippen MR) is 128 cm³/mol. The summed E-state index contributed by atoms with van der Waals surface area (Å²) in [4.78, 5) is 12.8. The maximum absolute atomic E-state index is 12.8. The summed E-state index contributed by atoms with van der Waals surface area (Å²) in [5.74, 6) is -0.228. The second-order valence-electron chi connectivity index (χ2n) is 7.42. The van der Waals surface area contributed by atoms with Gasteiger partial charge in [-0.05, 0) is 43.7 Å². The van der Waals surface area contributed by atoms with E-state index in [0.29, 0.717) is 39.4 Å². The minimum Gasteiger partial charge on any atom is -0.319 e. The molecule has 4 rings (SSSR count). The highest BCUT2D eigenvalue weighted by Crippen LogP contribution is 2.25. The summed E-state index contributed by atoms with van der Waals surface area (Å²) in [6.07, 6.45) is 3.32. The molecule has 0 saturated heterocycles. The molecular formula is C23H20Cl3N5O. The van der Waals surface area contributed by atoms with Gasteiger partial charge in [0.05, 0.1) is 41.4 Å². The van der Waals surface area contributed by atoms with Crippen molar-refractivity contribution in [2.45, 2.75) is 26.9 Å². The van der Waals surface area contributed by atoms with E-state index in [4.69, 9.17) is 34.8 Å². The van der Waals surface area contributed by atoms with Gasteiger partial charge in [-0.3, -0.25) is 14.2 Å². The highest BCUT2D eigenvalue weighted by atomic mass is 35.5. The molecule has 0 saturated carbocycles. The molecule has 2 aromatic carbocycles. The molecule has 32 heavy (non-hydrogen) atoms. The van der Waals surface area contributed by atoms with E-state index in [1.807, 2.05) is 36.7 Å². The van der Waals surface area contributed by atoms with Gasteiger partial charge in [0.1, 0.15) is 0 Å². The first-order valence-electron chi connectivity index (χ1n) is 9.87. The van der Waals surface area contributed by atoms with Crippen LogP contribution < -0.4 is 5.32 Å². The first-order chi connectivity index (χ1) is 15.3. The van der Waals surface area contributed by atoms with Gasteiger partial charge in [-0.1, -0.05) is 53.0 Å². The standard InChI is InChI=1S/C23H20Cl3N5O/c1-14-22(26)15(2)31(29-14)11-16-5-3-6-17(9-16)23(32)28-18-10-27-30(12-18)13-19-20(24)7-4-8-21(19)25/h3-10,12H,11,13H2,1-2H3,(H,28,32). The highest BCUT2D eigenvalue weighted by molar-refractivity contribution is 6.36. The number of rotatable bonds is 6. The average molecular weight is 489 g/mol. The Bertz CT molecular complexity index is 1270. The van der Waals surface area contributed by atoms with Crippen LogP contribution in [0.1, 0.15) is 32.9 Å². The lowest BCUT2D eigenvalue weighted by molar-refractivity contribution is 0.102. The molecule has 4 aromatic rings. The number of nitrogens with one attached hydrogen (secondary N) is 1. The van der Waals surface area contributed by atoms with Crippen LogP contribution in [0.3, 0.4) is 0 Å². The maximum Gasteiger partial charge on any atom is 0.255 e.